The van der Waals surface area contributed by atoms with Gasteiger partial charge in [0.1, 0.15) is 5.82 Å². The Balaban J connectivity index is 1.71. The number of nitrogens with one attached hydrogen (secondary N) is 1. The van der Waals surface area contributed by atoms with Gasteiger partial charge in [-0.2, -0.15) is 10.2 Å². The maximum absolute atomic E-state index is 13.2. The Labute approximate surface area is 184 Å². The molecule has 4 rings (SSSR count). The van der Waals surface area contributed by atoms with Gasteiger partial charge in [0.15, 0.2) is 5.69 Å². The fraction of sp³-hybridized carbons (Fsp3) is 0.120. The molecule has 1 N–H and O–H groups in total. The number of hydrogen-bond acceptors (Lipinski definition) is 4. The van der Waals surface area contributed by atoms with E-state index in [2.05, 4.69) is 15.6 Å². The molecule has 0 bridgehead atoms. The lowest BCUT2D eigenvalue weighted by Crippen LogP contribution is -2.29. The molecule has 0 spiro atoms. The van der Waals surface area contributed by atoms with Crippen molar-refractivity contribution in [2.45, 2.75) is 19.9 Å². The lowest BCUT2D eigenvalue weighted by atomic mass is 10.1. The Morgan fingerprint density at radius 1 is 0.969 bits per heavy atom. The van der Waals surface area contributed by atoms with E-state index < -0.39 is 5.91 Å². The summed E-state index contributed by atoms with van der Waals surface area (Å²) in [5.41, 5.74) is 4.58. The van der Waals surface area contributed by atoms with Gasteiger partial charge in [-0.3, -0.25) is 9.59 Å². The molecule has 0 fully saturated rings. The molecule has 0 radical (unpaired) electrons. The van der Waals surface area contributed by atoms with Crippen molar-refractivity contribution in [2.75, 3.05) is 0 Å². The summed E-state index contributed by atoms with van der Waals surface area (Å²) >= 11 is 0. The van der Waals surface area contributed by atoms with Crippen LogP contribution in [0.5, 0.6) is 0 Å². The number of amides is 1. The lowest BCUT2D eigenvalue weighted by Gasteiger charge is -2.11. The van der Waals surface area contributed by atoms with Crippen LogP contribution in [0, 0.1) is 5.82 Å². The first-order valence-corrected chi connectivity index (χ1v) is 10.2. The molecule has 7 heteroatoms. The Bertz CT molecular complexity index is 1350. The molecule has 0 saturated heterocycles. The van der Waals surface area contributed by atoms with E-state index in [1.165, 1.54) is 16.8 Å². The number of carbonyl (C=O) groups excluding carboxylic acids is 1. The molecule has 4 aromatic rings. The monoisotopic (exact) mass is 428 g/mol. The first kappa shape index (κ1) is 21.1. The van der Waals surface area contributed by atoms with Crippen molar-refractivity contribution in [1.82, 2.24) is 15.2 Å². The lowest BCUT2D eigenvalue weighted by molar-refractivity contribution is 0.0949. The number of rotatable bonds is 6. The molecule has 0 atom stereocenters. The van der Waals surface area contributed by atoms with E-state index in [1.807, 2.05) is 37.3 Å². The second-order valence-corrected chi connectivity index (χ2v) is 7.20. The quantitative estimate of drug-likeness (QED) is 0.371. The maximum Gasteiger partial charge on any atom is 0.292 e. The molecular weight excluding hydrogens is 407 g/mol. The van der Waals surface area contributed by atoms with E-state index in [0.717, 1.165) is 5.56 Å². The average molecular weight is 428 g/mol. The van der Waals surface area contributed by atoms with Gasteiger partial charge in [0, 0.05) is 5.39 Å². The Morgan fingerprint density at radius 2 is 1.62 bits per heavy atom. The van der Waals surface area contributed by atoms with E-state index in [1.54, 1.807) is 36.4 Å². The van der Waals surface area contributed by atoms with Crippen LogP contribution >= 0.6 is 0 Å². The highest BCUT2D eigenvalue weighted by atomic mass is 19.1. The summed E-state index contributed by atoms with van der Waals surface area (Å²) < 4.78 is 14.5. The number of aromatic nitrogens is 2. The summed E-state index contributed by atoms with van der Waals surface area (Å²) in [7, 11) is 0. The molecule has 0 unspecified atom stereocenters. The van der Waals surface area contributed by atoms with Gasteiger partial charge >= 0.3 is 0 Å². The summed E-state index contributed by atoms with van der Waals surface area (Å²) in [6, 6.07) is 22.2. The van der Waals surface area contributed by atoms with Gasteiger partial charge < -0.3 is 0 Å². The van der Waals surface area contributed by atoms with Gasteiger partial charge in [-0.05, 0) is 35.7 Å². The molecule has 160 valence electrons. The first-order chi connectivity index (χ1) is 15.6. The minimum absolute atomic E-state index is 0.106. The van der Waals surface area contributed by atoms with Gasteiger partial charge in [0.25, 0.3) is 11.5 Å². The van der Waals surface area contributed by atoms with Crippen molar-refractivity contribution in [3.63, 3.8) is 0 Å². The van der Waals surface area contributed by atoms with E-state index in [4.69, 9.17) is 0 Å². The van der Waals surface area contributed by atoms with Crippen LogP contribution in [-0.2, 0) is 6.54 Å². The molecule has 32 heavy (non-hydrogen) atoms. The Hall–Kier alpha value is -4.13. The van der Waals surface area contributed by atoms with Crippen molar-refractivity contribution in [3.05, 3.63) is 112 Å². The molecular formula is C25H21FN4O2. The molecule has 0 aliphatic rings. The predicted octanol–water partition coefficient (Wildman–Crippen LogP) is 4.13. The van der Waals surface area contributed by atoms with Crippen LogP contribution < -0.4 is 11.0 Å². The average Bonchev–Trinajstić information content (AvgIpc) is 2.83. The van der Waals surface area contributed by atoms with Crippen molar-refractivity contribution in [2.24, 2.45) is 5.10 Å². The van der Waals surface area contributed by atoms with Gasteiger partial charge in [0.2, 0.25) is 0 Å². The van der Waals surface area contributed by atoms with Crippen molar-refractivity contribution in [3.8, 4) is 0 Å². The molecule has 0 saturated carbocycles. The molecule has 0 aliphatic carbocycles. The van der Waals surface area contributed by atoms with Crippen LogP contribution in [-0.4, -0.2) is 21.4 Å². The highest BCUT2D eigenvalue weighted by molar-refractivity contribution is 6.06. The number of hydrogen-bond donors (Lipinski definition) is 1. The Morgan fingerprint density at radius 3 is 2.31 bits per heavy atom. The smallest absolute Gasteiger partial charge is 0.267 e. The molecule has 1 heterocycles. The summed E-state index contributed by atoms with van der Waals surface area (Å²) in [6.07, 6.45) is 0.535. The number of fused-ring (bicyclic) bond motifs is 1. The normalized spacial score (nSPS) is 11.5. The third-order valence-corrected chi connectivity index (χ3v) is 5.06. The maximum atomic E-state index is 13.2. The van der Waals surface area contributed by atoms with Crippen LogP contribution in [0.25, 0.3) is 10.8 Å². The van der Waals surface area contributed by atoms with E-state index in [-0.39, 0.29) is 23.6 Å². The fourth-order valence-corrected chi connectivity index (χ4v) is 3.43. The van der Waals surface area contributed by atoms with Crippen molar-refractivity contribution < 1.29 is 9.18 Å². The molecule has 1 aromatic heterocycles. The largest absolute Gasteiger partial charge is 0.292 e. The third-order valence-electron chi connectivity index (χ3n) is 5.06. The summed E-state index contributed by atoms with van der Waals surface area (Å²) in [5.74, 6) is -0.874. The van der Waals surface area contributed by atoms with Crippen LogP contribution in [0.2, 0.25) is 0 Å². The number of hydrazone groups is 1. The van der Waals surface area contributed by atoms with Crippen molar-refractivity contribution >= 4 is 22.4 Å². The minimum Gasteiger partial charge on any atom is -0.267 e. The number of nitrogens with zero attached hydrogens (tertiary/aromatic N) is 3. The second kappa shape index (κ2) is 9.34. The van der Waals surface area contributed by atoms with Gasteiger partial charge in [-0.25, -0.2) is 14.5 Å². The summed E-state index contributed by atoms with van der Waals surface area (Å²) in [6.45, 7) is 2.13. The highest BCUT2D eigenvalue weighted by Gasteiger charge is 2.17. The SMILES string of the molecule is CC/C(=N\NC(=O)c1nn(Cc2ccccc2)c(=O)c2ccccc12)c1ccc(F)cc1. The van der Waals surface area contributed by atoms with Crippen LogP contribution in [0.1, 0.15) is 35.0 Å². The van der Waals surface area contributed by atoms with Crippen LogP contribution in [0.15, 0.2) is 88.8 Å². The van der Waals surface area contributed by atoms with Gasteiger partial charge in [-0.15, -0.1) is 0 Å². The van der Waals surface area contributed by atoms with E-state index in [0.29, 0.717) is 28.5 Å². The van der Waals surface area contributed by atoms with Crippen LogP contribution in [0.4, 0.5) is 4.39 Å². The zero-order valence-corrected chi connectivity index (χ0v) is 17.5. The minimum atomic E-state index is -0.531. The Kier molecular flexibility index (Phi) is 6.17. The van der Waals surface area contributed by atoms with E-state index >= 15 is 0 Å². The topological polar surface area (TPSA) is 76.3 Å². The third kappa shape index (κ3) is 4.46. The number of halogens is 1. The molecule has 1 amide bonds. The molecule has 0 aliphatic heterocycles. The zero-order chi connectivity index (χ0) is 22.5. The first-order valence-electron chi connectivity index (χ1n) is 10.2. The van der Waals surface area contributed by atoms with Gasteiger partial charge in [-0.1, -0.05) is 67.6 Å². The number of benzene rings is 3. The van der Waals surface area contributed by atoms with Crippen molar-refractivity contribution in [1.29, 1.82) is 0 Å². The summed E-state index contributed by atoms with van der Waals surface area (Å²) in [5, 5.41) is 9.44. The molecule has 6 nitrogen and oxygen atoms in total. The number of carbonyl (C=O) groups is 1. The predicted molar refractivity (Wildman–Crippen MR) is 122 cm³/mol. The van der Waals surface area contributed by atoms with E-state index in [9.17, 15) is 14.0 Å². The van der Waals surface area contributed by atoms with Gasteiger partial charge in [0.05, 0.1) is 17.6 Å². The van der Waals surface area contributed by atoms with Crippen LogP contribution in [0.3, 0.4) is 0 Å². The standard InChI is InChI=1S/C25H21FN4O2/c1-2-22(18-12-14-19(26)15-13-18)27-28-24(31)23-20-10-6-7-11-21(20)25(32)30(29-23)16-17-8-4-3-5-9-17/h3-15H,2,16H2,1H3,(H,28,31)/b27-22+. The fourth-order valence-electron chi connectivity index (χ4n) is 3.43. The zero-order valence-electron chi connectivity index (χ0n) is 17.5. The molecule has 3 aromatic carbocycles. The second-order valence-electron chi connectivity index (χ2n) is 7.20. The highest BCUT2D eigenvalue weighted by Crippen LogP contribution is 2.14. The summed E-state index contributed by atoms with van der Waals surface area (Å²) in [4.78, 5) is 26.0.